The van der Waals surface area contributed by atoms with E-state index in [1.165, 1.54) is 0 Å². The van der Waals surface area contributed by atoms with Crippen LogP contribution in [-0.4, -0.2) is 484 Å². The summed E-state index contributed by atoms with van der Waals surface area (Å²) in [5, 5.41) is 316. The summed E-state index contributed by atoms with van der Waals surface area (Å²) in [5.74, 6) is -24.1. The number of aliphatic hydroxyl groups excluding tert-OH is 29. The molecule has 9 saturated heterocycles. The molecule has 0 saturated carbocycles. The van der Waals surface area contributed by atoms with E-state index < -0.39 is 336 Å². The summed E-state index contributed by atoms with van der Waals surface area (Å²) in [6.45, 7) is -21.6. The Morgan fingerprint density at radius 2 is 0.380 bits per heavy atom. The van der Waals surface area contributed by atoms with Crippen molar-refractivity contribution < 1.29 is 229 Å². The molecule has 0 spiro atoms. The number of rotatable bonds is 33. The smallest absolute Gasteiger partial charge is 0.224 e. The van der Waals surface area contributed by atoms with Crippen molar-refractivity contribution in [2.75, 3.05) is 112 Å². The first-order valence-electron chi connectivity index (χ1n) is 31.4. The lowest BCUT2D eigenvalue weighted by Crippen LogP contribution is -2.64. The molecular formula is C54H92O46. The van der Waals surface area contributed by atoms with Crippen LogP contribution in [-0.2, 0) is 80.5 Å². The van der Waals surface area contributed by atoms with Crippen LogP contribution in [0, 0.1) is 0 Å². The van der Waals surface area contributed by atoms with Gasteiger partial charge < -0.3 is 229 Å². The minimum atomic E-state index is -3.15. The molecule has 9 rings (SSSR count). The van der Waals surface area contributed by atoms with Crippen LogP contribution in [0.4, 0.5) is 0 Å². The maximum atomic E-state index is 12.0. The minimum Gasteiger partial charge on any atom is -0.394 e. The van der Waals surface area contributed by atoms with Crippen LogP contribution >= 0.6 is 0 Å². The van der Waals surface area contributed by atoms with Crippen molar-refractivity contribution in [1.29, 1.82) is 0 Å². The Hall–Kier alpha value is -1.84. The van der Waals surface area contributed by atoms with Crippen molar-refractivity contribution in [3.05, 3.63) is 0 Å². The van der Waals surface area contributed by atoms with Gasteiger partial charge in [-0.3, -0.25) is 0 Å². The van der Waals surface area contributed by atoms with E-state index in [9.17, 15) is 148 Å². The molecule has 0 aromatic heterocycles. The maximum absolute atomic E-state index is 12.0. The summed E-state index contributed by atoms with van der Waals surface area (Å²) in [6.07, 6.45) is -61.9. The average Bonchev–Trinajstić information content (AvgIpc) is 1.61. The molecule has 0 bridgehead atoms. The summed E-state index contributed by atoms with van der Waals surface area (Å²) in [6, 6.07) is 0. The first-order valence-corrected chi connectivity index (χ1v) is 31.4. The van der Waals surface area contributed by atoms with E-state index in [1.54, 1.807) is 0 Å². The summed E-state index contributed by atoms with van der Waals surface area (Å²) >= 11 is 0. The molecular weight excluding hydrogens is 1380 g/mol. The largest absolute Gasteiger partial charge is 0.394 e. The van der Waals surface area contributed by atoms with Gasteiger partial charge in [-0.05, 0) is 0 Å². The third-order valence-electron chi connectivity index (χ3n) is 19.5. The predicted octanol–water partition coefficient (Wildman–Crippen LogP) is -20.6. The van der Waals surface area contributed by atoms with E-state index in [4.69, 9.17) is 80.5 Å². The first-order chi connectivity index (χ1) is 47.2. The molecule has 0 aliphatic carbocycles. The molecule has 29 N–H and O–H groups in total. The topological polar surface area (TPSA) is 744 Å². The summed E-state index contributed by atoms with van der Waals surface area (Å²) in [7, 11) is 0. The minimum absolute atomic E-state index is 0.949. The highest BCUT2D eigenvalue weighted by Crippen LogP contribution is 2.47. The van der Waals surface area contributed by atoms with Crippen LogP contribution in [0.5, 0.6) is 0 Å². The van der Waals surface area contributed by atoms with E-state index in [2.05, 4.69) is 0 Å². The van der Waals surface area contributed by atoms with Crippen LogP contribution in [0.3, 0.4) is 0 Å². The summed E-state index contributed by atoms with van der Waals surface area (Å²) in [4.78, 5) is 0. The van der Waals surface area contributed by atoms with Gasteiger partial charge in [-0.15, -0.1) is 0 Å². The van der Waals surface area contributed by atoms with Crippen molar-refractivity contribution in [3.63, 3.8) is 0 Å². The standard InChI is InChI=1S/C54H92O46/c55-1-18-27(65)36(74)37(75)46(91-18)100-54(45(83)35(73)26(9-63)99-54)17-90-53(44(82)34(72)25(8-62)98-53)16-89-52(43(81)33(71)24(7-61)97-52)15-88-51(42(80)32(70)23(6-60)96-51)14-87-50(41(79)31(69)22(5-59)95-50)13-86-49(40(78)30(68)21(4-58)94-49)12-85-48(39(77)29(67)20(3-57)93-48)11-84-47(10-64)38(76)28(66)19(2-56)92-47/h18-46,55-83H,1-17H2. The summed E-state index contributed by atoms with van der Waals surface area (Å²) in [5.41, 5.74) is 0. The summed E-state index contributed by atoms with van der Waals surface area (Å²) < 4.78 is 99.0. The Morgan fingerprint density at radius 1 is 0.200 bits per heavy atom. The van der Waals surface area contributed by atoms with Crippen LogP contribution in [0.2, 0.25) is 0 Å². The van der Waals surface area contributed by atoms with E-state index >= 15 is 0 Å². The predicted molar refractivity (Wildman–Crippen MR) is 297 cm³/mol. The Kier molecular flexibility index (Phi) is 26.4. The van der Waals surface area contributed by atoms with E-state index in [0.717, 1.165) is 0 Å². The fourth-order valence-electron chi connectivity index (χ4n) is 13.2. The second kappa shape index (κ2) is 32.2. The van der Waals surface area contributed by atoms with Gasteiger partial charge in [0.25, 0.3) is 0 Å². The molecule has 100 heavy (non-hydrogen) atoms. The zero-order chi connectivity index (χ0) is 73.8. The highest BCUT2D eigenvalue weighted by atomic mass is 16.9. The van der Waals surface area contributed by atoms with Crippen molar-refractivity contribution in [2.24, 2.45) is 0 Å². The van der Waals surface area contributed by atoms with Gasteiger partial charge in [-0.2, -0.15) is 0 Å². The van der Waals surface area contributed by atoms with Gasteiger partial charge in [-0.1, -0.05) is 0 Å². The molecule has 0 radical (unpaired) electrons. The van der Waals surface area contributed by atoms with Crippen molar-refractivity contribution in [3.8, 4) is 0 Å². The molecule has 0 amide bonds. The highest BCUT2D eigenvalue weighted by Gasteiger charge is 2.69. The van der Waals surface area contributed by atoms with Gasteiger partial charge in [0.05, 0.1) is 59.5 Å². The number of aliphatic hydroxyl groups is 29. The quantitative estimate of drug-likeness (QED) is 0.0290. The van der Waals surface area contributed by atoms with Gasteiger partial charge in [0.1, 0.15) is 224 Å². The van der Waals surface area contributed by atoms with E-state index in [1.807, 2.05) is 0 Å². The van der Waals surface area contributed by atoms with Gasteiger partial charge in [0.15, 0.2) is 6.29 Å². The number of ether oxygens (including phenoxy) is 17. The Labute approximate surface area is 563 Å². The lowest BCUT2D eigenvalue weighted by Gasteiger charge is -2.45. The van der Waals surface area contributed by atoms with E-state index in [-0.39, 0.29) is 0 Å². The van der Waals surface area contributed by atoms with Crippen molar-refractivity contribution >= 4 is 0 Å². The molecule has 0 aromatic carbocycles. The van der Waals surface area contributed by atoms with Crippen LogP contribution < -0.4 is 0 Å². The molecule has 46 nitrogen and oxygen atoms in total. The molecule has 37 atom stereocenters. The molecule has 9 aliphatic heterocycles. The molecule has 46 heteroatoms. The van der Waals surface area contributed by atoms with Gasteiger partial charge in [-0.25, -0.2) is 0 Å². The fraction of sp³-hybridized carbons (Fsp3) is 1.00. The molecule has 9 heterocycles. The second-order valence-corrected chi connectivity index (χ2v) is 25.7. The average molecular weight is 1480 g/mol. The van der Waals surface area contributed by atoms with Gasteiger partial charge >= 0.3 is 0 Å². The lowest BCUT2D eigenvalue weighted by molar-refractivity contribution is -0.407. The molecule has 37 unspecified atom stereocenters. The Bertz CT molecular complexity index is 2600. The maximum Gasteiger partial charge on any atom is 0.224 e. The zero-order valence-corrected chi connectivity index (χ0v) is 52.7. The second-order valence-electron chi connectivity index (χ2n) is 25.7. The highest BCUT2D eigenvalue weighted by molar-refractivity contribution is 5.08. The van der Waals surface area contributed by atoms with Crippen LogP contribution in [0.25, 0.3) is 0 Å². The van der Waals surface area contributed by atoms with Gasteiger partial charge in [0, 0.05) is 0 Å². The van der Waals surface area contributed by atoms with Crippen LogP contribution in [0.1, 0.15) is 0 Å². The van der Waals surface area contributed by atoms with E-state index in [0.29, 0.717) is 0 Å². The third kappa shape index (κ3) is 14.5. The van der Waals surface area contributed by atoms with Crippen molar-refractivity contribution in [2.45, 2.75) is 223 Å². The Balaban J connectivity index is 1.03. The first kappa shape index (κ1) is 82.2. The van der Waals surface area contributed by atoms with Gasteiger partial charge in [0.2, 0.25) is 46.3 Å². The number of hydrogen-bond donors (Lipinski definition) is 29. The molecule has 0 aromatic rings. The number of hydrogen-bond acceptors (Lipinski definition) is 46. The SMILES string of the molecule is OCC1OC(OC2(COC3(COC4(COC5(COC6(COC7(COC8(COC9(CO)OC(CO)C(O)C9O)OC(CO)C(O)C8O)OC(CO)C(O)C7O)OC(CO)C(O)C6O)OC(CO)C(O)C5O)OC(CO)C(O)C4O)OC(CO)C(O)C3O)OC(CO)C(O)C2O)C(O)C(O)C1O. The molecule has 9 fully saturated rings. The molecule has 584 valence electrons. The normalized spacial score (nSPS) is 52.7. The van der Waals surface area contributed by atoms with Crippen LogP contribution in [0.15, 0.2) is 0 Å². The third-order valence-corrected chi connectivity index (χ3v) is 19.5. The fourth-order valence-corrected chi connectivity index (χ4v) is 13.2. The molecule has 9 aliphatic rings. The Morgan fingerprint density at radius 3 is 0.590 bits per heavy atom. The zero-order valence-electron chi connectivity index (χ0n) is 52.7. The van der Waals surface area contributed by atoms with Crippen molar-refractivity contribution in [1.82, 2.24) is 0 Å². The monoisotopic (exact) mass is 1480 g/mol. The lowest BCUT2D eigenvalue weighted by atomic mass is 9.99.